The van der Waals surface area contributed by atoms with E-state index in [1.165, 1.54) is 0 Å². The Bertz CT molecular complexity index is 505. The number of likely N-dealkylation sites (tertiary alicyclic amines) is 1. The molecule has 1 saturated heterocycles. The first-order valence-electron chi connectivity index (χ1n) is 7.37. The Morgan fingerprint density at radius 1 is 1.52 bits per heavy atom. The van der Waals surface area contributed by atoms with Gasteiger partial charge in [-0.05, 0) is 66.9 Å². The molecule has 1 N–H and O–H groups in total. The average molecular weight is 355 g/mol. The highest BCUT2D eigenvalue weighted by molar-refractivity contribution is 9.10. The van der Waals surface area contributed by atoms with Crippen molar-refractivity contribution in [1.29, 1.82) is 0 Å². The van der Waals surface area contributed by atoms with Crippen molar-refractivity contribution in [1.82, 2.24) is 10.2 Å². The highest BCUT2D eigenvalue weighted by atomic mass is 79.9. The van der Waals surface area contributed by atoms with Crippen molar-refractivity contribution in [2.75, 3.05) is 26.7 Å². The molecule has 1 fully saturated rings. The number of carbonyl (C=O) groups excluding carboxylic acids is 1. The summed E-state index contributed by atoms with van der Waals surface area (Å²) in [5.41, 5.74) is 0.619. The SMILES string of the molecule is COc1ccc(Br)c(C(=O)NC[C@@H]2CCN(C(C)C)C2)c1. The van der Waals surface area contributed by atoms with Crippen molar-refractivity contribution in [3.8, 4) is 5.75 Å². The van der Waals surface area contributed by atoms with E-state index in [1.54, 1.807) is 13.2 Å². The first-order chi connectivity index (χ1) is 10.0. The monoisotopic (exact) mass is 354 g/mol. The summed E-state index contributed by atoms with van der Waals surface area (Å²) >= 11 is 3.42. The third kappa shape index (κ3) is 4.20. The zero-order valence-corrected chi connectivity index (χ0v) is 14.4. The van der Waals surface area contributed by atoms with Gasteiger partial charge in [0.15, 0.2) is 0 Å². The Labute approximate surface area is 135 Å². The van der Waals surface area contributed by atoms with E-state index in [0.717, 1.165) is 30.5 Å². The second kappa shape index (κ2) is 7.27. The predicted molar refractivity (Wildman–Crippen MR) is 87.8 cm³/mol. The Kier molecular flexibility index (Phi) is 5.65. The molecule has 1 aromatic carbocycles. The molecule has 0 aliphatic carbocycles. The highest BCUT2D eigenvalue weighted by Crippen LogP contribution is 2.23. The number of benzene rings is 1. The third-order valence-corrected chi connectivity index (χ3v) is 4.71. The van der Waals surface area contributed by atoms with E-state index < -0.39 is 0 Å². The molecule has 0 bridgehead atoms. The lowest BCUT2D eigenvalue weighted by molar-refractivity contribution is 0.0946. The summed E-state index contributed by atoms with van der Waals surface area (Å²) in [5.74, 6) is 1.18. The van der Waals surface area contributed by atoms with Gasteiger partial charge in [0, 0.05) is 23.6 Å². The van der Waals surface area contributed by atoms with Gasteiger partial charge in [0.2, 0.25) is 0 Å². The fourth-order valence-corrected chi connectivity index (χ4v) is 3.06. The molecule has 0 spiro atoms. The molecule has 1 amide bonds. The van der Waals surface area contributed by atoms with Crippen LogP contribution >= 0.6 is 15.9 Å². The molecule has 1 aliphatic rings. The van der Waals surface area contributed by atoms with Gasteiger partial charge in [-0.3, -0.25) is 4.79 Å². The molecule has 0 aromatic heterocycles. The van der Waals surface area contributed by atoms with E-state index in [4.69, 9.17) is 4.74 Å². The maximum Gasteiger partial charge on any atom is 0.252 e. The van der Waals surface area contributed by atoms with Gasteiger partial charge in [-0.15, -0.1) is 0 Å². The first-order valence-corrected chi connectivity index (χ1v) is 8.16. The second-order valence-electron chi connectivity index (χ2n) is 5.80. The number of methoxy groups -OCH3 is 1. The molecule has 5 heteroatoms. The molecule has 1 atom stereocenters. The van der Waals surface area contributed by atoms with E-state index in [2.05, 4.69) is 40.0 Å². The smallest absolute Gasteiger partial charge is 0.252 e. The molecule has 2 rings (SSSR count). The lowest BCUT2D eigenvalue weighted by Crippen LogP contribution is -2.33. The minimum absolute atomic E-state index is 0.0521. The van der Waals surface area contributed by atoms with Crippen LogP contribution in [0.5, 0.6) is 5.75 Å². The van der Waals surface area contributed by atoms with Crippen LogP contribution in [0.1, 0.15) is 30.6 Å². The zero-order valence-electron chi connectivity index (χ0n) is 12.9. The van der Waals surface area contributed by atoms with Gasteiger partial charge in [-0.1, -0.05) is 0 Å². The van der Waals surface area contributed by atoms with Gasteiger partial charge in [0.05, 0.1) is 12.7 Å². The van der Waals surface area contributed by atoms with Crippen LogP contribution in [0.4, 0.5) is 0 Å². The number of carbonyl (C=O) groups is 1. The number of rotatable bonds is 5. The maximum absolute atomic E-state index is 12.3. The van der Waals surface area contributed by atoms with E-state index in [9.17, 15) is 4.79 Å². The van der Waals surface area contributed by atoms with Crippen LogP contribution in [-0.2, 0) is 0 Å². The van der Waals surface area contributed by atoms with Crippen LogP contribution in [0.25, 0.3) is 0 Å². The molecule has 116 valence electrons. The van der Waals surface area contributed by atoms with Crippen molar-refractivity contribution >= 4 is 21.8 Å². The van der Waals surface area contributed by atoms with Crippen molar-refractivity contribution in [2.45, 2.75) is 26.3 Å². The van der Waals surface area contributed by atoms with E-state index in [-0.39, 0.29) is 5.91 Å². The van der Waals surface area contributed by atoms with Crippen molar-refractivity contribution in [3.63, 3.8) is 0 Å². The van der Waals surface area contributed by atoms with Crippen molar-refractivity contribution < 1.29 is 9.53 Å². The lowest BCUT2D eigenvalue weighted by Gasteiger charge is -2.20. The quantitative estimate of drug-likeness (QED) is 0.883. The standard InChI is InChI=1S/C16H23BrN2O2/c1-11(2)19-7-6-12(10-19)9-18-16(20)14-8-13(21-3)4-5-15(14)17/h4-5,8,11-12H,6-7,9-10H2,1-3H3,(H,18,20)/t12-/m0/s1. The average Bonchev–Trinajstić information content (AvgIpc) is 2.94. The van der Waals surface area contributed by atoms with E-state index in [1.807, 2.05) is 12.1 Å². The Morgan fingerprint density at radius 2 is 2.29 bits per heavy atom. The summed E-state index contributed by atoms with van der Waals surface area (Å²) in [4.78, 5) is 14.8. The first kappa shape index (κ1) is 16.3. The summed E-state index contributed by atoms with van der Waals surface area (Å²) in [7, 11) is 1.60. The zero-order chi connectivity index (χ0) is 15.4. The number of nitrogens with one attached hydrogen (secondary N) is 1. The summed E-state index contributed by atoms with van der Waals surface area (Å²) < 4.78 is 5.96. The van der Waals surface area contributed by atoms with Crippen LogP contribution in [0.2, 0.25) is 0 Å². The van der Waals surface area contributed by atoms with Gasteiger partial charge in [0.1, 0.15) is 5.75 Å². The van der Waals surface area contributed by atoms with E-state index >= 15 is 0 Å². The number of hydrogen-bond donors (Lipinski definition) is 1. The molecule has 0 saturated carbocycles. The topological polar surface area (TPSA) is 41.6 Å². The third-order valence-electron chi connectivity index (χ3n) is 4.02. The Morgan fingerprint density at radius 3 is 2.90 bits per heavy atom. The van der Waals surface area contributed by atoms with Crippen LogP contribution in [-0.4, -0.2) is 43.6 Å². The Balaban J connectivity index is 1.91. The van der Waals surface area contributed by atoms with Crippen LogP contribution in [0.3, 0.4) is 0 Å². The van der Waals surface area contributed by atoms with Gasteiger partial charge in [-0.25, -0.2) is 0 Å². The van der Waals surface area contributed by atoms with Gasteiger partial charge in [-0.2, -0.15) is 0 Å². The minimum atomic E-state index is -0.0521. The number of ether oxygens (including phenoxy) is 1. The molecule has 21 heavy (non-hydrogen) atoms. The number of nitrogens with zero attached hydrogens (tertiary/aromatic N) is 1. The van der Waals surface area contributed by atoms with Gasteiger partial charge < -0.3 is 15.0 Å². The summed E-state index contributed by atoms with van der Waals surface area (Å²) in [5, 5.41) is 3.04. The lowest BCUT2D eigenvalue weighted by atomic mass is 10.1. The largest absolute Gasteiger partial charge is 0.497 e. The molecule has 1 aliphatic heterocycles. The molecule has 1 heterocycles. The molecule has 0 radical (unpaired) electrons. The Hall–Kier alpha value is -1.07. The number of halogens is 1. The van der Waals surface area contributed by atoms with Crippen LogP contribution in [0.15, 0.2) is 22.7 Å². The fraction of sp³-hybridized carbons (Fsp3) is 0.562. The van der Waals surface area contributed by atoms with E-state index in [0.29, 0.717) is 23.3 Å². The van der Waals surface area contributed by atoms with Gasteiger partial charge >= 0.3 is 0 Å². The highest BCUT2D eigenvalue weighted by Gasteiger charge is 2.24. The summed E-state index contributed by atoms with van der Waals surface area (Å²) in [6.45, 7) is 7.35. The van der Waals surface area contributed by atoms with Gasteiger partial charge in [0.25, 0.3) is 5.91 Å². The molecule has 1 aromatic rings. The van der Waals surface area contributed by atoms with Crippen LogP contribution < -0.4 is 10.1 Å². The predicted octanol–water partition coefficient (Wildman–Crippen LogP) is 2.92. The second-order valence-corrected chi connectivity index (χ2v) is 6.65. The van der Waals surface area contributed by atoms with Crippen molar-refractivity contribution in [3.05, 3.63) is 28.2 Å². The number of hydrogen-bond acceptors (Lipinski definition) is 3. The molecule has 0 unspecified atom stereocenters. The van der Waals surface area contributed by atoms with Crippen molar-refractivity contribution in [2.24, 2.45) is 5.92 Å². The minimum Gasteiger partial charge on any atom is -0.497 e. The molecule has 4 nitrogen and oxygen atoms in total. The summed E-state index contributed by atoms with van der Waals surface area (Å²) in [6, 6.07) is 6.01. The van der Waals surface area contributed by atoms with Crippen LogP contribution in [0, 0.1) is 5.92 Å². The number of amides is 1. The molecular weight excluding hydrogens is 332 g/mol. The fourth-order valence-electron chi connectivity index (χ4n) is 2.64. The summed E-state index contributed by atoms with van der Waals surface area (Å²) in [6.07, 6.45) is 1.15. The maximum atomic E-state index is 12.3. The normalized spacial score (nSPS) is 19.0. The molecular formula is C16H23BrN2O2.